The molecular formula is C29H32N4O4S. The van der Waals surface area contributed by atoms with E-state index < -0.39 is 5.97 Å². The molecule has 0 atom stereocenters. The van der Waals surface area contributed by atoms with Crippen LogP contribution in [0.2, 0.25) is 0 Å². The number of rotatable bonds is 7. The average molecular weight is 533 g/mol. The van der Waals surface area contributed by atoms with E-state index >= 15 is 0 Å². The van der Waals surface area contributed by atoms with Gasteiger partial charge < -0.3 is 18.7 Å². The number of fused-ring (bicyclic) bond motifs is 1. The van der Waals surface area contributed by atoms with Crippen LogP contribution in [0.1, 0.15) is 64.2 Å². The summed E-state index contributed by atoms with van der Waals surface area (Å²) in [5.74, 6) is -0.186. The van der Waals surface area contributed by atoms with Crippen LogP contribution in [0.25, 0.3) is 5.69 Å². The lowest BCUT2D eigenvalue weighted by Gasteiger charge is -2.45. The second kappa shape index (κ2) is 10.1. The van der Waals surface area contributed by atoms with E-state index in [0.717, 1.165) is 12.2 Å². The van der Waals surface area contributed by atoms with E-state index in [-0.39, 0.29) is 17.0 Å². The fraction of sp³-hybridized carbons (Fsp3) is 0.414. The number of thiol groups is 1. The highest BCUT2D eigenvalue weighted by atomic mass is 32.1. The first-order valence-corrected chi connectivity index (χ1v) is 13.7. The molecule has 8 nitrogen and oxygen atoms in total. The third kappa shape index (κ3) is 4.27. The molecule has 1 aromatic heterocycles. The summed E-state index contributed by atoms with van der Waals surface area (Å²) in [7, 11) is 1.59. The van der Waals surface area contributed by atoms with Crippen molar-refractivity contribution in [2.75, 3.05) is 38.2 Å². The molecule has 0 spiro atoms. The Morgan fingerprint density at radius 3 is 2.26 bits per heavy atom. The minimum Gasteiger partial charge on any atom is -0.497 e. The second-order valence-corrected chi connectivity index (χ2v) is 10.7. The summed E-state index contributed by atoms with van der Waals surface area (Å²) >= 11 is 3.68. The van der Waals surface area contributed by atoms with Gasteiger partial charge in [0.25, 0.3) is 5.91 Å². The van der Waals surface area contributed by atoms with E-state index in [0.29, 0.717) is 35.7 Å². The predicted molar refractivity (Wildman–Crippen MR) is 148 cm³/mol. The second-order valence-electron chi connectivity index (χ2n) is 10.5. The number of ether oxygens (including phenoxy) is 1. The number of nitrogens with zero attached hydrogens (tertiary/aromatic N) is 4. The van der Waals surface area contributed by atoms with Crippen LogP contribution < -0.4 is 9.64 Å². The Labute approximate surface area is 228 Å². The van der Waals surface area contributed by atoms with Crippen LogP contribution in [0.4, 0.5) is 5.69 Å². The van der Waals surface area contributed by atoms with Crippen LogP contribution in [0.3, 0.4) is 0 Å². The molecule has 3 aliphatic rings. The number of hydrogen-bond acceptors (Lipinski definition) is 7. The van der Waals surface area contributed by atoms with Crippen molar-refractivity contribution < 1.29 is 18.5 Å². The van der Waals surface area contributed by atoms with E-state index in [4.69, 9.17) is 4.74 Å². The first kappa shape index (κ1) is 25.0. The van der Waals surface area contributed by atoms with E-state index in [1.807, 2.05) is 0 Å². The number of carbonyl (C=O) groups excluding carboxylic acids is 2. The Balaban J connectivity index is 1.31. The first-order valence-electron chi connectivity index (χ1n) is 13.3. The van der Waals surface area contributed by atoms with Crippen molar-refractivity contribution in [3.63, 3.8) is 0 Å². The van der Waals surface area contributed by atoms with Gasteiger partial charge in [0.2, 0.25) is 0 Å². The maximum atomic E-state index is 13.9. The average Bonchev–Trinajstić information content (AvgIpc) is 3.59. The summed E-state index contributed by atoms with van der Waals surface area (Å²) < 4.78 is 11.5. The van der Waals surface area contributed by atoms with Crippen molar-refractivity contribution in [3.05, 3.63) is 71.0 Å². The quantitative estimate of drug-likeness (QED) is 0.354. The standard InChI is InChI=1S/C29H32N4O4S/c1-36-23-11-9-22(10-12-23)33-26-24(25(30-33)28(35)37-38)13-18-32(27(26)34)21-7-5-20(6-8-21)29(14-4-15-29)19-31-16-2-3-17-31/h5-12,38H,2-4,13-19H2,1H3. The number of benzene rings is 2. The van der Waals surface area contributed by atoms with Crippen molar-refractivity contribution in [2.24, 2.45) is 0 Å². The summed E-state index contributed by atoms with van der Waals surface area (Å²) in [5, 5.41) is 4.48. The molecule has 6 rings (SSSR count). The minimum atomic E-state index is -0.675. The van der Waals surface area contributed by atoms with Gasteiger partial charge in [-0.25, -0.2) is 9.48 Å². The zero-order chi connectivity index (χ0) is 26.3. The van der Waals surface area contributed by atoms with Gasteiger partial charge in [-0.1, -0.05) is 18.6 Å². The molecule has 0 unspecified atom stereocenters. The maximum absolute atomic E-state index is 13.9. The normalized spacial score (nSPS) is 18.7. The number of amides is 1. The molecule has 2 aliphatic heterocycles. The van der Waals surface area contributed by atoms with Gasteiger partial charge in [-0.3, -0.25) is 4.79 Å². The molecule has 38 heavy (non-hydrogen) atoms. The van der Waals surface area contributed by atoms with Crippen molar-refractivity contribution in [1.82, 2.24) is 14.7 Å². The number of anilines is 1. The fourth-order valence-electron chi connectivity index (χ4n) is 6.23. The SMILES string of the molecule is COc1ccc(-n2nc(C(=O)OS)c3c2C(=O)N(c2ccc(C4(CN5CCCC5)CCC4)cc2)CC3)cc1. The Morgan fingerprint density at radius 1 is 0.974 bits per heavy atom. The highest BCUT2D eigenvalue weighted by Gasteiger charge is 2.41. The van der Waals surface area contributed by atoms with Crippen LogP contribution in [0.5, 0.6) is 5.75 Å². The van der Waals surface area contributed by atoms with Crippen molar-refractivity contribution in [1.29, 1.82) is 0 Å². The number of methoxy groups -OCH3 is 1. The molecule has 1 aliphatic carbocycles. The molecule has 0 bridgehead atoms. The summed E-state index contributed by atoms with van der Waals surface area (Å²) in [6.07, 6.45) is 6.80. The molecule has 1 saturated carbocycles. The zero-order valence-electron chi connectivity index (χ0n) is 21.6. The van der Waals surface area contributed by atoms with E-state index in [1.54, 1.807) is 36.3 Å². The highest BCUT2D eigenvalue weighted by Crippen LogP contribution is 2.45. The first-order chi connectivity index (χ1) is 18.5. The van der Waals surface area contributed by atoms with Crippen LogP contribution in [-0.4, -0.2) is 59.8 Å². The molecule has 9 heteroatoms. The Morgan fingerprint density at radius 2 is 1.66 bits per heavy atom. The lowest BCUT2D eigenvalue weighted by Crippen LogP contribution is -2.45. The number of aromatic nitrogens is 2. The summed E-state index contributed by atoms with van der Waals surface area (Å²) in [4.78, 5) is 30.7. The molecule has 3 aromatic rings. The lowest BCUT2D eigenvalue weighted by atomic mass is 9.64. The number of likely N-dealkylation sites (tertiary alicyclic amines) is 1. The van der Waals surface area contributed by atoms with Gasteiger partial charge in [-0.05, 0) is 87.2 Å². The van der Waals surface area contributed by atoms with Gasteiger partial charge in [0, 0.05) is 42.7 Å². The molecule has 198 valence electrons. The predicted octanol–water partition coefficient (Wildman–Crippen LogP) is 4.60. The van der Waals surface area contributed by atoms with Gasteiger partial charge in [0.1, 0.15) is 11.4 Å². The lowest BCUT2D eigenvalue weighted by molar-refractivity contribution is 0.0764. The van der Waals surface area contributed by atoms with E-state index in [9.17, 15) is 9.59 Å². The topological polar surface area (TPSA) is 76.9 Å². The molecule has 2 fully saturated rings. The molecule has 1 saturated heterocycles. The van der Waals surface area contributed by atoms with Crippen molar-refractivity contribution in [2.45, 2.75) is 43.9 Å². The Bertz CT molecular complexity index is 1340. The van der Waals surface area contributed by atoms with Gasteiger partial charge in [-0.2, -0.15) is 5.10 Å². The van der Waals surface area contributed by atoms with Crippen molar-refractivity contribution >= 4 is 30.5 Å². The van der Waals surface area contributed by atoms with E-state index in [1.165, 1.54) is 55.4 Å². The van der Waals surface area contributed by atoms with Gasteiger partial charge in [0.15, 0.2) is 5.69 Å². The molecular weight excluding hydrogens is 500 g/mol. The van der Waals surface area contributed by atoms with Crippen molar-refractivity contribution in [3.8, 4) is 11.4 Å². The monoisotopic (exact) mass is 532 g/mol. The summed E-state index contributed by atoms with van der Waals surface area (Å²) in [6.45, 7) is 3.98. The van der Waals surface area contributed by atoms with Crippen LogP contribution >= 0.6 is 12.9 Å². The number of hydrogen-bond donors (Lipinski definition) is 1. The summed E-state index contributed by atoms with van der Waals surface area (Å²) in [5.41, 5.74) is 4.16. The third-order valence-corrected chi connectivity index (χ3v) is 8.60. The van der Waals surface area contributed by atoms with Crippen LogP contribution in [-0.2, 0) is 16.0 Å². The smallest absolute Gasteiger partial charge is 0.370 e. The van der Waals surface area contributed by atoms with E-state index in [2.05, 4.69) is 51.4 Å². The molecule has 2 aromatic carbocycles. The molecule has 3 heterocycles. The zero-order valence-corrected chi connectivity index (χ0v) is 22.5. The molecule has 1 amide bonds. The van der Waals surface area contributed by atoms with Gasteiger partial charge in [-0.15, -0.1) is 0 Å². The van der Waals surface area contributed by atoms with Gasteiger partial charge >= 0.3 is 5.97 Å². The minimum absolute atomic E-state index is 0.114. The van der Waals surface area contributed by atoms with Gasteiger partial charge in [0.05, 0.1) is 12.8 Å². The molecule has 0 N–H and O–H groups in total. The Hall–Kier alpha value is -3.30. The Kier molecular flexibility index (Phi) is 6.65. The largest absolute Gasteiger partial charge is 0.497 e. The highest BCUT2D eigenvalue weighted by molar-refractivity contribution is 7.75. The maximum Gasteiger partial charge on any atom is 0.370 e. The van der Waals surface area contributed by atoms with Crippen LogP contribution in [0, 0.1) is 0 Å². The van der Waals surface area contributed by atoms with Crippen LogP contribution in [0.15, 0.2) is 48.5 Å². The summed E-state index contributed by atoms with van der Waals surface area (Å²) in [6, 6.07) is 15.8. The molecule has 0 radical (unpaired) electrons. The fourth-order valence-corrected chi connectivity index (χ4v) is 6.32. The third-order valence-electron chi connectivity index (χ3n) is 8.44. The number of carbonyl (C=O) groups is 2.